The number of methoxy groups -OCH3 is 1. The molecule has 2 unspecified atom stereocenters. The number of carbonyl (C=O) groups excluding carboxylic acids is 1. The predicted octanol–water partition coefficient (Wildman–Crippen LogP) is 5.31. The fourth-order valence-corrected chi connectivity index (χ4v) is 4.31. The Morgan fingerprint density at radius 2 is 1.58 bits per heavy atom. The monoisotopic (exact) mass is 489 g/mol. The number of hydrogen-bond donors (Lipinski definition) is 0. The van der Waals surface area contributed by atoms with E-state index in [0.717, 1.165) is 11.3 Å². The van der Waals surface area contributed by atoms with Gasteiger partial charge in [0, 0.05) is 23.9 Å². The zero-order valence-electron chi connectivity index (χ0n) is 19.9. The molecule has 2 atom stereocenters. The number of rotatable bonds is 7. The molecule has 2 heterocycles. The van der Waals surface area contributed by atoms with Crippen molar-refractivity contribution in [3.8, 4) is 22.7 Å². The zero-order valence-corrected chi connectivity index (χ0v) is 19.9. The van der Waals surface area contributed by atoms with Gasteiger partial charge in [-0.1, -0.05) is 12.1 Å². The summed E-state index contributed by atoms with van der Waals surface area (Å²) in [6.07, 6.45) is 1.10. The molecule has 0 radical (unpaired) electrons. The molecular formula is C28H25F2N3O3. The van der Waals surface area contributed by atoms with Crippen LogP contribution < -0.4 is 4.74 Å². The molecule has 4 aromatic rings. The maximum Gasteiger partial charge on any atom is 0.253 e. The van der Waals surface area contributed by atoms with Crippen LogP contribution in [0.25, 0.3) is 16.9 Å². The Morgan fingerprint density at radius 3 is 2.22 bits per heavy atom. The molecule has 1 aliphatic heterocycles. The third-order valence-electron chi connectivity index (χ3n) is 6.26. The lowest BCUT2D eigenvalue weighted by molar-refractivity contribution is -0.130. The number of nitrogens with zero attached hydrogens (tertiary/aromatic N) is 3. The standard InChI is InChI=1S/C28H25F2N3O3/c1-18-27(34)32(16-15-19-3-13-24(35-2)14-4-19)28(36-18)25-17-33(23-11-9-22(30)10-12-23)31-26(25)20-5-7-21(29)8-6-20/h3-14,17-18,28H,15-16H2,1-2H3. The molecule has 1 saturated heterocycles. The second kappa shape index (κ2) is 9.91. The van der Waals surface area contributed by atoms with Crippen LogP contribution in [0, 0.1) is 11.6 Å². The first-order chi connectivity index (χ1) is 17.4. The van der Waals surface area contributed by atoms with E-state index >= 15 is 0 Å². The van der Waals surface area contributed by atoms with E-state index in [2.05, 4.69) is 0 Å². The highest BCUT2D eigenvalue weighted by atomic mass is 19.1. The van der Waals surface area contributed by atoms with Crippen molar-refractivity contribution in [3.05, 3.63) is 102 Å². The number of amides is 1. The fourth-order valence-electron chi connectivity index (χ4n) is 4.31. The lowest BCUT2D eigenvalue weighted by Crippen LogP contribution is -2.32. The van der Waals surface area contributed by atoms with Crippen molar-refractivity contribution in [1.82, 2.24) is 14.7 Å². The minimum absolute atomic E-state index is 0.118. The van der Waals surface area contributed by atoms with Crippen molar-refractivity contribution in [2.24, 2.45) is 0 Å². The van der Waals surface area contributed by atoms with Gasteiger partial charge in [0.25, 0.3) is 5.91 Å². The van der Waals surface area contributed by atoms with Crippen LogP contribution in [-0.2, 0) is 16.0 Å². The van der Waals surface area contributed by atoms with Gasteiger partial charge in [-0.25, -0.2) is 13.5 Å². The van der Waals surface area contributed by atoms with E-state index in [-0.39, 0.29) is 17.5 Å². The Bertz CT molecular complexity index is 1350. The largest absolute Gasteiger partial charge is 0.497 e. The molecule has 1 aromatic heterocycles. The zero-order chi connectivity index (χ0) is 25.2. The van der Waals surface area contributed by atoms with Gasteiger partial charge in [0.05, 0.1) is 12.8 Å². The highest BCUT2D eigenvalue weighted by Gasteiger charge is 2.40. The maximum absolute atomic E-state index is 13.6. The van der Waals surface area contributed by atoms with Crippen LogP contribution in [0.15, 0.2) is 79.0 Å². The van der Waals surface area contributed by atoms with E-state index in [4.69, 9.17) is 14.6 Å². The van der Waals surface area contributed by atoms with Crippen molar-refractivity contribution in [1.29, 1.82) is 0 Å². The van der Waals surface area contributed by atoms with Gasteiger partial charge in [0.15, 0.2) is 6.23 Å². The summed E-state index contributed by atoms with van der Waals surface area (Å²) >= 11 is 0. The number of hydrogen-bond acceptors (Lipinski definition) is 4. The summed E-state index contributed by atoms with van der Waals surface area (Å²) < 4.78 is 40.1. The van der Waals surface area contributed by atoms with Crippen LogP contribution in [0.4, 0.5) is 8.78 Å². The summed E-state index contributed by atoms with van der Waals surface area (Å²) in [5, 5.41) is 4.72. The molecule has 0 bridgehead atoms. The molecule has 0 aliphatic carbocycles. The van der Waals surface area contributed by atoms with Crippen molar-refractivity contribution in [2.75, 3.05) is 13.7 Å². The molecule has 1 amide bonds. The molecule has 3 aromatic carbocycles. The second-order valence-electron chi connectivity index (χ2n) is 8.62. The van der Waals surface area contributed by atoms with E-state index in [0.29, 0.717) is 35.5 Å². The first kappa shape index (κ1) is 23.7. The molecule has 1 aliphatic rings. The number of carbonyl (C=O) groups is 1. The molecule has 184 valence electrons. The van der Waals surface area contributed by atoms with E-state index in [1.807, 2.05) is 24.3 Å². The Balaban J connectivity index is 1.51. The van der Waals surface area contributed by atoms with E-state index in [9.17, 15) is 13.6 Å². The fraction of sp³-hybridized carbons (Fsp3) is 0.214. The van der Waals surface area contributed by atoms with Gasteiger partial charge in [-0.2, -0.15) is 5.10 Å². The maximum atomic E-state index is 13.6. The van der Waals surface area contributed by atoms with Gasteiger partial charge in [-0.3, -0.25) is 4.79 Å². The van der Waals surface area contributed by atoms with Crippen molar-refractivity contribution in [2.45, 2.75) is 25.7 Å². The van der Waals surface area contributed by atoms with Crippen LogP contribution in [0.1, 0.15) is 24.3 Å². The highest BCUT2D eigenvalue weighted by molar-refractivity contribution is 5.83. The molecule has 1 fully saturated rings. The van der Waals surface area contributed by atoms with Crippen LogP contribution in [0.5, 0.6) is 5.75 Å². The quantitative estimate of drug-likeness (QED) is 0.353. The van der Waals surface area contributed by atoms with Gasteiger partial charge in [0.1, 0.15) is 29.2 Å². The topological polar surface area (TPSA) is 56.6 Å². The SMILES string of the molecule is COc1ccc(CCN2C(=O)C(C)OC2c2cn(-c3ccc(F)cc3)nc2-c2ccc(F)cc2)cc1. The molecule has 0 spiro atoms. The van der Waals surface area contributed by atoms with Crippen LogP contribution in [0.3, 0.4) is 0 Å². The number of ether oxygens (including phenoxy) is 2. The normalized spacial score (nSPS) is 17.6. The average Bonchev–Trinajstić information content (AvgIpc) is 3.45. The van der Waals surface area contributed by atoms with Crippen LogP contribution in [0.2, 0.25) is 0 Å². The second-order valence-corrected chi connectivity index (χ2v) is 8.62. The Hall–Kier alpha value is -4.04. The third kappa shape index (κ3) is 4.72. The van der Waals surface area contributed by atoms with Gasteiger partial charge in [0.2, 0.25) is 0 Å². The van der Waals surface area contributed by atoms with Gasteiger partial charge >= 0.3 is 0 Å². The molecule has 0 N–H and O–H groups in total. The molecule has 5 rings (SSSR count). The Morgan fingerprint density at radius 1 is 0.944 bits per heavy atom. The van der Waals surface area contributed by atoms with Crippen LogP contribution in [-0.4, -0.2) is 40.3 Å². The minimum atomic E-state index is -0.681. The molecule has 0 saturated carbocycles. The lowest BCUT2D eigenvalue weighted by atomic mass is 10.1. The minimum Gasteiger partial charge on any atom is -0.497 e. The summed E-state index contributed by atoms with van der Waals surface area (Å²) in [7, 11) is 1.62. The van der Waals surface area contributed by atoms with Crippen LogP contribution >= 0.6 is 0 Å². The Labute approximate surface area is 207 Å². The predicted molar refractivity (Wildman–Crippen MR) is 131 cm³/mol. The van der Waals surface area contributed by atoms with Crippen molar-refractivity contribution >= 4 is 5.91 Å². The van der Waals surface area contributed by atoms with E-state index in [1.165, 1.54) is 24.3 Å². The summed E-state index contributed by atoms with van der Waals surface area (Å²) in [6, 6.07) is 19.6. The molecule has 36 heavy (non-hydrogen) atoms. The van der Waals surface area contributed by atoms with Gasteiger partial charge in [-0.15, -0.1) is 0 Å². The number of aromatic nitrogens is 2. The lowest BCUT2D eigenvalue weighted by Gasteiger charge is -2.23. The summed E-state index contributed by atoms with van der Waals surface area (Å²) in [6.45, 7) is 2.16. The summed E-state index contributed by atoms with van der Waals surface area (Å²) in [5.74, 6) is -0.0653. The third-order valence-corrected chi connectivity index (χ3v) is 6.26. The highest BCUT2D eigenvalue weighted by Crippen LogP contribution is 2.37. The Kier molecular flexibility index (Phi) is 6.52. The summed E-state index contributed by atoms with van der Waals surface area (Å²) in [5.41, 5.74) is 3.60. The smallest absolute Gasteiger partial charge is 0.253 e. The molecule has 6 nitrogen and oxygen atoms in total. The van der Waals surface area contributed by atoms with Crippen molar-refractivity contribution in [3.63, 3.8) is 0 Å². The first-order valence-electron chi connectivity index (χ1n) is 11.6. The number of halogens is 2. The molecule has 8 heteroatoms. The average molecular weight is 490 g/mol. The van der Waals surface area contributed by atoms with Gasteiger partial charge < -0.3 is 14.4 Å². The van der Waals surface area contributed by atoms with E-state index < -0.39 is 12.3 Å². The number of benzene rings is 3. The summed E-state index contributed by atoms with van der Waals surface area (Å²) in [4.78, 5) is 14.8. The van der Waals surface area contributed by atoms with Crippen molar-refractivity contribution < 1.29 is 23.0 Å². The van der Waals surface area contributed by atoms with E-state index in [1.54, 1.807) is 54.1 Å². The first-order valence-corrected chi connectivity index (χ1v) is 11.6. The van der Waals surface area contributed by atoms with Gasteiger partial charge in [-0.05, 0) is 79.6 Å². The molecular weight excluding hydrogens is 464 g/mol.